The third-order valence-corrected chi connectivity index (χ3v) is 2.43. The summed E-state index contributed by atoms with van der Waals surface area (Å²) in [7, 11) is 0. The fourth-order valence-electron chi connectivity index (χ4n) is 1.00. The molecule has 0 aliphatic rings. The molecule has 98 valence electrons. The van der Waals surface area contributed by atoms with Crippen LogP contribution in [0.4, 0.5) is 0 Å². The third kappa shape index (κ3) is 5.41. The minimum atomic E-state index is -1.36. The summed E-state index contributed by atoms with van der Waals surface area (Å²) in [4.78, 5) is 32.9. The zero-order valence-corrected chi connectivity index (χ0v) is 9.88. The van der Waals surface area contributed by atoms with Crippen LogP contribution in [0.5, 0.6) is 0 Å². The van der Waals surface area contributed by atoms with Crippen LogP contribution in [0.3, 0.4) is 0 Å². The van der Waals surface area contributed by atoms with E-state index in [0.29, 0.717) is 6.42 Å². The zero-order chi connectivity index (χ0) is 13.6. The molecule has 0 aromatic heterocycles. The summed E-state index contributed by atoms with van der Waals surface area (Å²) >= 11 is 0. The smallest absolute Gasteiger partial charge is 0.331 e. The van der Waals surface area contributed by atoms with Crippen molar-refractivity contribution in [3.8, 4) is 0 Å². The molecule has 0 spiro atoms. The van der Waals surface area contributed by atoms with Gasteiger partial charge in [-0.05, 0) is 5.92 Å². The molecule has 7 nitrogen and oxygen atoms in total. The lowest BCUT2D eigenvalue weighted by Crippen LogP contribution is -2.43. The van der Waals surface area contributed by atoms with Crippen LogP contribution in [-0.2, 0) is 19.1 Å². The van der Waals surface area contributed by atoms with Crippen molar-refractivity contribution in [1.29, 1.82) is 0 Å². The van der Waals surface area contributed by atoms with Gasteiger partial charge in [0.2, 0.25) is 0 Å². The molecule has 7 heteroatoms. The fraction of sp³-hybridized carbons (Fsp3) is 0.700. The highest BCUT2D eigenvalue weighted by molar-refractivity contribution is 5.92. The largest absolute Gasteiger partial charge is 0.481 e. The summed E-state index contributed by atoms with van der Waals surface area (Å²) in [5.41, 5.74) is 10.8. The molecule has 0 aromatic carbocycles. The molecule has 0 heterocycles. The molecule has 0 aliphatic carbocycles. The van der Waals surface area contributed by atoms with E-state index in [1.807, 2.05) is 6.92 Å². The molecule has 0 aliphatic heterocycles. The Kier molecular flexibility index (Phi) is 6.37. The maximum absolute atomic E-state index is 11.4. The Morgan fingerprint density at radius 3 is 2.18 bits per heavy atom. The quantitative estimate of drug-likeness (QED) is 0.414. The lowest BCUT2D eigenvalue weighted by atomic mass is 10.0. The fourth-order valence-corrected chi connectivity index (χ4v) is 1.00. The normalized spacial score (nSPS) is 15.8. The molecule has 17 heavy (non-hydrogen) atoms. The van der Waals surface area contributed by atoms with E-state index < -0.39 is 36.4 Å². The van der Waals surface area contributed by atoms with Crippen molar-refractivity contribution in [3.63, 3.8) is 0 Å². The van der Waals surface area contributed by atoms with Gasteiger partial charge in [0.25, 0.3) is 0 Å². The van der Waals surface area contributed by atoms with E-state index in [1.165, 1.54) is 0 Å². The van der Waals surface area contributed by atoms with E-state index in [2.05, 4.69) is 4.74 Å². The topological polar surface area (TPSA) is 133 Å². The van der Waals surface area contributed by atoms with Crippen LogP contribution in [0.1, 0.15) is 26.7 Å². The zero-order valence-electron chi connectivity index (χ0n) is 9.88. The Labute approximate surface area is 99.1 Å². The minimum Gasteiger partial charge on any atom is -0.481 e. The maximum atomic E-state index is 11.4. The second-order valence-corrected chi connectivity index (χ2v) is 3.86. The van der Waals surface area contributed by atoms with Gasteiger partial charge in [-0.1, -0.05) is 20.3 Å². The molecule has 0 amide bonds. The maximum Gasteiger partial charge on any atom is 0.331 e. The van der Waals surface area contributed by atoms with Crippen LogP contribution in [0.15, 0.2) is 0 Å². The van der Waals surface area contributed by atoms with Gasteiger partial charge in [0.15, 0.2) is 0 Å². The van der Waals surface area contributed by atoms with Crippen LogP contribution >= 0.6 is 0 Å². The first-order chi connectivity index (χ1) is 7.79. The number of carbonyl (C=O) groups is 3. The van der Waals surface area contributed by atoms with Gasteiger partial charge in [0.1, 0.15) is 12.1 Å². The first-order valence-corrected chi connectivity index (χ1v) is 5.28. The van der Waals surface area contributed by atoms with Crippen molar-refractivity contribution in [2.45, 2.75) is 38.8 Å². The highest BCUT2D eigenvalue weighted by Crippen LogP contribution is 2.07. The number of carbonyl (C=O) groups excluding carboxylic acids is 2. The Morgan fingerprint density at radius 2 is 1.76 bits per heavy atom. The SMILES string of the molecule is CC[C@H](C)[C@H](N)C(=O)OC(=O)[C@@H](N)CC(=O)O. The molecule has 3 atom stereocenters. The van der Waals surface area contributed by atoms with E-state index in [9.17, 15) is 14.4 Å². The van der Waals surface area contributed by atoms with Gasteiger partial charge in [-0.3, -0.25) is 4.79 Å². The molecular weight excluding hydrogens is 228 g/mol. The van der Waals surface area contributed by atoms with Gasteiger partial charge < -0.3 is 21.3 Å². The predicted molar refractivity (Wildman–Crippen MR) is 58.8 cm³/mol. The number of rotatable bonds is 6. The van der Waals surface area contributed by atoms with Crippen LogP contribution in [-0.4, -0.2) is 35.1 Å². The van der Waals surface area contributed by atoms with Crippen molar-refractivity contribution in [2.24, 2.45) is 17.4 Å². The first kappa shape index (κ1) is 15.5. The minimum absolute atomic E-state index is 0.133. The Balaban J connectivity index is 4.29. The number of aliphatic carboxylic acids is 1. The standard InChI is InChI=1S/C10H18N2O5/c1-3-5(2)8(12)10(16)17-9(15)6(11)4-7(13)14/h5-6,8H,3-4,11-12H2,1-2H3,(H,13,14)/t5-,6-,8-/m0/s1. The van der Waals surface area contributed by atoms with Gasteiger partial charge in [0.05, 0.1) is 6.42 Å². The van der Waals surface area contributed by atoms with Crippen LogP contribution < -0.4 is 11.5 Å². The first-order valence-electron chi connectivity index (χ1n) is 5.28. The monoisotopic (exact) mass is 246 g/mol. The van der Waals surface area contributed by atoms with Crippen molar-refractivity contribution in [2.75, 3.05) is 0 Å². The molecule has 0 saturated heterocycles. The highest BCUT2D eigenvalue weighted by Gasteiger charge is 2.27. The summed E-state index contributed by atoms with van der Waals surface area (Å²) in [6.07, 6.45) is 0.0658. The van der Waals surface area contributed by atoms with Crippen molar-refractivity contribution in [1.82, 2.24) is 0 Å². The molecule has 0 bridgehead atoms. The summed E-state index contributed by atoms with van der Waals surface area (Å²) in [6.45, 7) is 3.59. The Morgan fingerprint density at radius 1 is 1.24 bits per heavy atom. The molecule has 5 N–H and O–H groups in total. The van der Waals surface area contributed by atoms with Crippen LogP contribution in [0.2, 0.25) is 0 Å². The van der Waals surface area contributed by atoms with Crippen LogP contribution in [0.25, 0.3) is 0 Å². The summed E-state index contributed by atoms with van der Waals surface area (Å²) in [6, 6.07) is -2.28. The van der Waals surface area contributed by atoms with Gasteiger partial charge in [-0.2, -0.15) is 0 Å². The van der Waals surface area contributed by atoms with E-state index in [4.69, 9.17) is 16.6 Å². The van der Waals surface area contributed by atoms with E-state index in [0.717, 1.165) is 0 Å². The molecule has 0 aromatic rings. The molecule has 0 saturated carbocycles. The number of carboxylic acid groups (broad SMARTS) is 1. The van der Waals surface area contributed by atoms with Crippen LogP contribution in [0, 0.1) is 5.92 Å². The number of hydrogen-bond acceptors (Lipinski definition) is 6. The van der Waals surface area contributed by atoms with Gasteiger partial charge in [-0.25, -0.2) is 9.59 Å². The number of ether oxygens (including phenoxy) is 1. The van der Waals surface area contributed by atoms with Crippen molar-refractivity contribution in [3.05, 3.63) is 0 Å². The third-order valence-electron chi connectivity index (χ3n) is 2.43. The van der Waals surface area contributed by atoms with Gasteiger partial charge in [-0.15, -0.1) is 0 Å². The van der Waals surface area contributed by atoms with E-state index in [1.54, 1.807) is 6.92 Å². The second kappa shape index (κ2) is 6.97. The number of nitrogens with two attached hydrogens (primary N) is 2. The Bertz CT molecular complexity index is 305. The number of hydrogen-bond donors (Lipinski definition) is 3. The molecule has 0 fully saturated rings. The number of esters is 2. The van der Waals surface area contributed by atoms with Crippen molar-refractivity contribution >= 4 is 17.9 Å². The summed E-state index contributed by atoms with van der Waals surface area (Å²) < 4.78 is 4.41. The number of carboxylic acids is 1. The van der Waals surface area contributed by atoms with E-state index >= 15 is 0 Å². The van der Waals surface area contributed by atoms with Crippen molar-refractivity contribution < 1.29 is 24.2 Å². The molecule has 0 radical (unpaired) electrons. The second-order valence-electron chi connectivity index (χ2n) is 3.86. The predicted octanol–water partition coefficient (Wildman–Crippen LogP) is -0.768. The lowest BCUT2D eigenvalue weighted by Gasteiger charge is -2.16. The lowest BCUT2D eigenvalue weighted by molar-refractivity contribution is -0.163. The summed E-state index contributed by atoms with van der Waals surface area (Å²) in [5, 5.41) is 8.40. The van der Waals surface area contributed by atoms with E-state index in [-0.39, 0.29) is 5.92 Å². The van der Waals surface area contributed by atoms with Gasteiger partial charge >= 0.3 is 17.9 Å². The molecule has 0 rings (SSSR count). The highest BCUT2D eigenvalue weighted by atomic mass is 16.6. The molecule has 0 unspecified atom stereocenters. The average Bonchev–Trinajstić information content (AvgIpc) is 2.25. The average molecular weight is 246 g/mol. The van der Waals surface area contributed by atoms with Gasteiger partial charge in [0, 0.05) is 0 Å². The molecular formula is C10H18N2O5. The summed E-state index contributed by atoms with van der Waals surface area (Å²) in [5.74, 6) is -3.33. The Hall–Kier alpha value is -1.47.